The highest BCUT2D eigenvalue weighted by atomic mass is 32.1. The van der Waals surface area contributed by atoms with E-state index in [-0.39, 0.29) is 11.9 Å². The third-order valence-corrected chi connectivity index (χ3v) is 7.30. The van der Waals surface area contributed by atoms with Gasteiger partial charge in [0.2, 0.25) is 0 Å². The van der Waals surface area contributed by atoms with E-state index < -0.39 is 12.0 Å². The van der Waals surface area contributed by atoms with E-state index in [1.807, 2.05) is 0 Å². The average Bonchev–Trinajstić information content (AvgIpc) is 3.15. The van der Waals surface area contributed by atoms with Crippen molar-refractivity contribution in [3.63, 3.8) is 0 Å². The number of nitrogens with one attached hydrogen (secondary N) is 1. The summed E-state index contributed by atoms with van der Waals surface area (Å²) in [7, 11) is 0. The number of aliphatic hydroxyl groups excluding tert-OH is 1. The van der Waals surface area contributed by atoms with Crippen LogP contribution in [0, 0.1) is 5.82 Å². The van der Waals surface area contributed by atoms with Crippen molar-refractivity contribution in [2.75, 3.05) is 30.3 Å². The lowest BCUT2D eigenvalue weighted by atomic mass is 10.0. The number of thiophene rings is 1. The number of primary amides is 1. The zero-order valence-electron chi connectivity index (χ0n) is 18.7. The molecule has 9 heteroatoms. The fourth-order valence-electron chi connectivity index (χ4n) is 4.39. The van der Waals surface area contributed by atoms with Gasteiger partial charge in [-0.15, -0.1) is 11.3 Å². The number of hydrogen-bond donors (Lipinski definition) is 4. The van der Waals surface area contributed by atoms with Crippen molar-refractivity contribution in [1.29, 1.82) is 0 Å². The highest BCUT2D eigenvalue weighted by Crippen LogP contribution is 2.37. The van der Waals surface area contributed by atoms with Gasteiger partial charge in [0, 0.05) is 31.1 Å². The highest BCUT2D eigenvalue weighted by Gasteiger charge is 2.24. The second-order valence-corrected chi connectivity index (χ2v) is 9.51. The van der Waals surface area contributed by atoms with E-state index in [9.17, 15) is 14.3 Å². The molecule has 6 N–H and O–H groups in total. The molecule has 1 aliphatic rings. The van der Waals surface area contributed by atoms with E-state index in [1.165, 1.54) is 23.5 Å². The third-order valence-electron chi connectivity index (χ3n) is 6.18. The van der Waals surface area contributed by atoms with E-state index >= 15 is 0 Å². The largest absolute Gasteiger partial charge is 0.397 e. The van der Waals surface area contributed by atoms with Crippen molar-refractivity contribution < 1.29 is 14.3 Å². The van der Waals surface area contributed by atoms with Crippen LogP contribution in [0.3, 0.4) is 0 Å². The van der Waals surface area contributed by atoms with Gasteiger partial charge in [-0.05, 0) is 48.6 Å². The lowest BCUT2D eigenvalue weighted by molar-refractivity contribution is 0.100. The molecular formula is C24H30FN5O2S. The molecule has 0 bridgehead atoms. The minimum atomic E-state index is -0.673. The summed E-state index contributed by atoms with van der Waals surface area (Å²) in [6.45, 7) is 4.20. The van der Waals surface area contributed by atoms with Gasteiger partial charge in [0.05, 0.1) is 11.8 Å². The molecule has 7 nitrogen and oxygen atoms in total. The molecule has 3 aromatic rings. The van der Waals surface area contributed by atoms with E-state index in [2.05, 4.69) is 23.2 Å². The Morgan fingerprint density at radius 3 is 2.67 bits per heavy atom. The van der Waals surface area contributed by atoms with Gasteiger partial charge in [0.25, 0.3) is 5.91 Å². The molecule has 0 aliphatic carbocycles. The summed E-state index contributed by atoms with van der Waals surface area (Å²) in [5.74, 6) is 0.0680. The van der Waals surface area contributed by atoms with Gasteiger partial charge in [-0.25, -0.2) is 9.37 Å². The Labute approximate surface area is 196 Å². The Balaban J connectivity index is 1.42. The predicted molar refractivity (Wildman–Crippen MR) is 131 cm³/mol. The van der Waals surface area contributed by atoms with E-state index in [4.69, 9.17) is 16.5 Å². The Hall–Kier alpha value is -2.75. The molecule has 0 spiro atoms. The lowest BCUT2D eigenvalue weighted by Crippen LogP contribution is -2.44. The molecule has 0 saturated carbocycles. The molecule has 1 unspecified atom stereocenters. The van der Waals surface area contributed by atoms with Crippen LogP contribution in [0.1, 0.15) is 53.1 Å². The summed E-state index contributed by atoms with van der Waals surface area (Å²) in [4.78, 5) is 20.0. The number of pyridine rings is 1. The monoisotopic (exact) mass is 471 g/mol. The smallest absolute Gasteiger partial charge is 0.260 e. The molecule has 1 aromatic carbocycles. The molecule has 1 saturated heterocycles. The molecule has 3 heterocycles. The second-order valence-electron chi connectivity index (χ2n) is 8.52. The van der Waals surface area contributed by atoms with E-state index in [1.54, 1.807) is 12.1 Å². The molecule has 2 aromatic heterocycles. The number of piperidine rings is 1. The van der Waals surface area contributed by atoms with Gasteiger partial charge in [-0.3, -0.25) is 4.79 Å². The number of halogens is 1. The first-order valence-corrected chi connectivity index (χ1v) is 12.1. The number of aromatic nitrogens is 1. The number of anilines is 2. The maximum Gasteiger partial charge on any atom is 0.260 e. The number of aliphatic hydroxyl groups is 1. The molecule has 0 radical (unpaired) electrons. The van der Waals surface area contributed by atoms with Crippen LogP contribution >= 0.6 is 11.3 Å². The molecule has 1 amide bonds. The van der Waals surface area contributed by atoms with Crippen LogP contribution in [0.5, 0.6) is 0 Å². The molecule has 1 aliphatic heterocycles. The topological polar surface area (TPSA) is 117 Å². The fourth-order valence-corrected chi connectivity index (χ4v) is 5.38. The second kappa shape index (κ2) is 10.0. The standard InChI is InChI=1S/C24H30FN5O2S/c1-2-3-15-12-19(29-24-20(15)21(26)22(33-24)23(27)32)30-10-8-17(9-11-30)28-13-18(31)14-4-6-16(25)7-5-14/h4-7,12,17-18,28,31H,2-3,8-11,13,26H2,1H3,(H2,27,32). The lowest BCUT2D eigenvalue weighted by Gasteiger charge is -2.34. The zero-order valence-corrected chi connectivity index (χ0v) is 19.5. The molecule has 4 rings (SSSR count). The summed E-state index contributed by atoms with van der Waals surface area (Å²) in [6.07, 6.45) is 2.97. The van der Waals surface area contributed by atoms with Crippen LogP contribution in [0.2, 0.25) is 0 Å². The van der Waals surface area contributed by atoms with Crippen molar-refractivity contribution in [2.24, 2.45) is 5.73 Å². The van der Waals surface area contributed by atoms with Gasteiger partial charge in [0.15, 0.2) is 0 Å². The number of nitrogens with two attached hydrogens (primary N) is 2. The third kappa shape index (κ3) is 5.10. The van der Waals surface area contributed by atoms with Gasteiger partial charge in [-0.1, -0.05) is 25.5 Å². The van der Waals surface area contributed by atoms with Crippen LogP contribution in [-0.4, -0.2) is 41.7 Å². The summed E-state index contributed by atoms with van der Waals surface area (Å²) in [5, 5.41) is 14.7. The van der Waals surface area contributed by atoms with Crippen molar-refractivity contribution in [1.82, 2.24) is 10.3 Å². The summed E-state index contributed by atoms with van der Waals surface area (Å²) < 4.78 is 13.1. The summed E-state index contributed by atoms with van der Waals surface area (Å²) in [6, 6.07) is 8.32. The molecule has 1 atom stereocenters. The van der Waals surface area contributed by atoms with Crippen molar-refractivity contribution in [3.8, 4) is 0 Å². The van der Waals surface area contributed by atoms with Gasteiger partial charge < -0.3 is 26.8 Å². The van der Waals surface area contributed by atoms with E-state index in [0.717, 1.165) is 60.4 Å². The van der Waals surface area contributed by atoms with E-state index in [0.29, 0.717) is 22.7 Å². The van der Waals surface area contributed by atoms with Crippen LogP contribution < -0.4 is 21.7 Å². The molecule has 176 valence electrons. The Kier molecular flexibility index (Phi) is 7.11. The SMILES string of the molecule is CCCc1cc(N2CCC(NCC(O)c3ccc(F)cc3)CC2)nc2sc(C(N)=O)c(N)c12. The summed E-state index contributed by atoms with van der Waals surface area (Å²) >= 11 is 1.26. The highest BCUT2D eigenvalue weighted by molar-refractivity contribution is 7.21. The van der Waals surface area contributed by atoms with Crippen LogP contribution in [0.25, 0.3) is 10.2 Å². The number of nitrogen functional groups attached to an aromatic ring is 1. The van der Waals surface area contributed by atoms with Gasteiger partial charge in [-0.2, -0.15) is 0 Å². The minimum Gasteiger partial charge on any atom is -0.397 e. The molecule has 33 heavy (non-hydrogen) atoms. The quantitative estimate of drug-likeness (QED) is 0.400. The van der Waals surface area contributed by atoms with Crippen LogP contribution in [0.15, 0.2) is 30.3 Å². The number of benzene rings is 1. The maximum atomic E-state index is 13.1. The minimum absolute atomic E-state index is 0.286. The summed E-state index contributed by atoms with van der Waals surface area (Å²) in [5.41, 5.74) is 14.0. The number of fused-ring (bicyclic) bond motifs is 1. The number of carbonyl (C=O) groups excluding carboxylic acids is 1. The number of amides is 1. The Bertz CT molecular complexity index is 1130. The van der Waals surface area contributed by atoms with Crippen molar-refractivity contribution >= 4 is 39.0 Å². The Morgan fingerprint density at radius 2 is 2.03 bits per heavy atom. The fraction of sp³-hybridized carbons (Fsp3) is 0.417. The number of nitrogens with zero attached hydrogens (tertiary/aromatic N) is 2. The first-order chi connectivity index (χ1) is 15.9. The molecule has 1 fully saturated rings. The van der Waals surface area contributed by atoms with Crippen molar-refractivity contribution in [3.05, 3.63) is 52.2 Å². The number of rotatable bonds is 8. The predicted octanol–water partition coefficient (Wildman–Crippen LogP) is 3.36. The van der Waals surface area contributed by atoms with Crippen LogP contribution in [0.4, 0.5) is 15.9 Å². The Morgan fingerprint density at radius 1 is 1.33 bits per heavy atom. The number of hydrogen-bond acceptors (Lipinski definition) is 7. The first-order valence-electron chi connectivity index (χ1n) is 11.3. The number of aryl methyl sites for hydroxylation is 1. The van der Waals surface area contributed by atoms with Crippen molar-refractivity contribution in [2.45, 2.75) is 44.8 Å². The maximum absolute atomic E-state index is 13.1. The first kappa shape index (κ1) is 23.4. The van der Waals surface area contributed by atoms with Gasteiger partial charge >= 0.3 is 0 Å². The zero-order chi connectivity index (χ0) is 23.5. The average molecular weight is 472 g/mol. The van der Waals surface area contributed by atoms with Crippen LogP contribution in [-0.2, 0) is 6.42 Å². The molecular weight excluding hydrogens is 441 g/mol. The van der Waals surface area contributed by atoms with Gasteiger partial charge in [0.1, 0.15) is 21.3 Å². The number of carbonyl (C=O) groups is 1. The normalized spacial score (nSPS) is 15.8.